The first kappa shape index (κ1) is 25.2. The van der Waals surface area contributed by atoms with Crippen molar-refractivity contribution < 1.29 is 19.1 Å². The van der Waals surface area contributed by atoms with Crippen LogP contribution in [0.4, 0.5) is 10.5 Å². The number of methoxy groups -OCH3 is 2. The van der Waals surface area contributed by atoms with Gasteiger partial charge in [0.2, 0.25) is 0 Å². The summed E-state index contributed by atoms with van der Waals surface area (Å²) < 4.78 is 12.5. The van der Waals surface area contributed by atoms with Crippen molar-refractivity contribution in [2.75, 3.05) is 33.1 Å². The van der Waals surface area contributed by atoms with E-state index < -0.39 is 5.97 Å². The number of aromatic nitrogens is 1. The number of benzene rings is 2. The van der Waals surface area contributed by atoms with Gasteiger partial charge in [0, 0.05) is 35.4 Å². The smallest absolute Gasteiger partial charge is 0.337 e. The van der Waals surface area contributed by atoms with Crippen LogP contribution in [0, 0.1) is 0 Å². The van der Waals surface area contributed by atoms with E-state index in [1.807, 2.05) is 46.6 Å². The summed E-state index contributed by atoms with van der Waals surface area (Å²) in [7, 11) is 5.14. The van der Waals surface area contributed by atoms with Gasteiger partial charge < -0.3 is 29.2 Å². The Balaban J connectivity index is 1.45. The monoisotopic (exact) mass is 542 g/mol. The average Bonchev–Trinajstić information content (AvgIpc) is 3.54. The van der Waals surface area contributed by atoms with Crippen molar-refractivity contribution in [3.8, 4) is 10.8 Å². The number of nitrogens with zero attached hydrogens (tertiary/aromatic N) is 3. The third-order valence-electron chi connectivity index (χ3n) is 7.48. The van der Waals surface area contributed by atoms with E-state index in [0.29, 0.717) is 17.8 Å². The van der Waals surface area contributed by atoms with Crippen molar-refractivity contribution in [2.24, 2.45) is 0 Å². The van der Waals surface area contributed by atoms with Gasteiger partial charge in [-0.2, -0.15) is 0 Å². The van der Waals surface area contributed by atoms with Crippen molar-refractivity contribution in [3.05, 3.63) is 99.7 Å². The van der Waals surface area contributed by atoms with E-state index >= 15 is 0 Å². The molecule has 0 spiro atoms. The molecule has 2 aromatic carbocycles. The number of rotatable bonds is 4. The van der Waals surface area contributed by atoms with Crippen LogP contribution >= 0.6 is 11.3 Å². The zero-order valence-corrected chi connectivity index (χ0v) is 23.0. The van der Waals surface area contributed by atoms with Crippen molar-refractivity contribution in [3.63, 3.8) is 0 Å². The molecule has 9 heteroatoms. The number of thiophene rings is 1. The Kier molecular flexibility index (Phi) is 6.62. The highest BCUT2D eigenvalue weighted by molar-refractivity contribution is 7.15. The van der Waals surface area contributed by atoms with Crippen LogP contribution in [0.1, 0.15) is 43.7 Å². The molecular formula is C30H30N4O4S. The van der Waals surface area contributed by atoms with Gasteiger partial charge in [0.1, 0.15) is 10.8 Å². The third kappa shape index (κ3) is 4.57. The number of carbonyl (C=O) groups excluding carboxylic acids is 2. The Hall–Kier alpha value is -4.08. The lowest BCUT2D eigenvalue weighted by molar-refractivity contribution is 0.0600. The Morgan fingerprint density at radius 3 is 2.59 bits per heavy atom. The summed E-state index contributed by atoms with van der Waals surface area (Å²) in [4.78, 5) is 31.8. The van der Waals surface area contributed by atoms with Crippen LogP contribution in [0.25, 0.3) is 5.00 Å². The molecule has 0 bridgehead atoms. The summed E-state index contributed by atoms with van der Waals surface area (Å²) in [5.41, 5.74) is 5.47. The Morgan fingerprint density at radius 2 is 1.82 bits per heavy atom. The Labute approximate surface area is 231 Å². The van der Waals surface area contributed by atoms with E-state index in [4.69, 9.17) is 9.47 Å². The van der Waals surface area contributed by atoms with Gasteiger partial charge in [0.05, 0.1) is 38.1 Å². The van der Waals surface area contributed by atoms with Crippen LogP contribution in [0.15, 0.2) is 66.9 Å². The molecule has 0 saturated heterocycles. The maximum atomic E-state index is 14.1. The SMILES string of the molecule is COC(=O)c1cccc(NC(=O)N2Cc3c(sc4c3CCN(C)C4)-n3cccc3[C@@H]2c2ccc(OC)cc2)c1. The van der Waals surface area contributed by atoms with Gasteiger partial charge in [-0.25, -0.2) is 9.59 Å². The number of hydrogen-bond donors (Lipinski definition) is 1. The standard InChI is InChI=1S/C30H30N4O4S/c1-32-15-13-23-24-17-34(30(36)31-21-7-4-6-20(16-21)29(35)38-3)27(19-9-11-22(37-2)12-10-19)25-8-5-14-33(25)28(24)39-26(23)18-32/h4-12,14,16,27H,13,15,17-18H2,1-3H3,(H,31,36)/t27-/m0/s1. The minimum Gasteiger partial charge on any atom is -0.497 e. The number of carbonyl (C=O) groups is 2. The number of fused-ring (bicyclic) bond motifs is 5. The molecule has 6 rings (SSSR count). The first-order chi connectivity index (χ1) is 19.0. The fourth-order valence-electron chi connectivity index (χ4n) is 5.53. The number of likely N-dealkylation sites (N-methyl/N-ethyl adjacent to an activating group) is 1. The molecule has 2 amide bonds. The highest BCUT2D eigenvalue weighted by atomic mass is 32.1. The predicted molar refractivity (Wildman–Crippen MR) is 151 cm³/mol. The number of ether oxygens (including phenoxy) is 2. The highest BCUT2D eigenvalue weighted by Crippen LogP contribution is 2.43. The molecule has 200 valence electrons. The summed E-state index contributed by atoms with van der Waals surface area (Å²) in [5, 5.41) is 4.23. The molecule has 8 nitrogen and oxygen atoms in total. The second kappa shape index (κ2) is 10.2. The molecule has 0 unspecified atom stereocenters. The highest BCUT2D eigenvalue weighted by Gasteiger charge is 2.36. The first-order valence-corrected chi connectivity index (χ1v) is 13.7. The fraction of sp³-hybridized carbons (Fsp3) is 0.267. The summed E-state index contributed by atoms with van der Waals surface area (Å²) in [5.74, 6) is 0.310. The molecule has 2 aromatic heterocycles. The maximum absolute atomic E-state index is 14.1. The molecule has 0 saturated carbocycles. The number of nitrogens with one attached hydrogen (secondary N) is 1. The van der Waals surface area contributed by atoms with E-state index in [1.54, 1.807) is 31.4 Å². The fourth-order valence-corrected chi connectivity index (χ4v) is 6.97. The second-order valence-electron chi connectivity index (χ2n) is 9.88. The normalized spacial score (nSPS) is 16.5. The zero-order valence-electron chi connectivity index (χ0n) is 22.1. The van der Waals surface area contributed by atoms with E-state index in [1.165, 1.54) is 28.1 Å². The van der Waals surface area contributed by atoms with Crippen LogP contribution in [0.3, 0.4) is 0 Å². The van der Waals surface area contributed by atoms with Crippen molar-refractivity contribution in [1.82, 2.24) is 14.4 Å². The van der Waals surface area contributed by atoms with E-state index in [9.17, 15) is 9.59 Å². The largest absolute Gasteiger partial charge is 0.497 e. The molecule has 0 fully saturated rings. The third-order valence-corrected chi connectivity index (χ3v) is 8.74. The van der Waals surface area contributed by atoms with E-state index in [2.05, 4.69) is 34.1 Å². The van der Waals surface area contributed by atoms with Gasteiger partial charge in [0.25, 0.3) is 0 Å². The number of urea groups is 1. The van der Waals surface area contributed by atoms with Gasteiger partial charge >= 0.3 is 12.0 Å². The average molecular weight is 543 g/mol. The van der Waals surface area contributed by atoms with Crippen LogP contribution in [-0.4, -0.2) is 54.2 Å². The number of hydrogen-bond acceptors (Lipinski definition) is 6. The molecule has 1 atom stereocenters. The lowest BCUT2D eigenvalue weighted by atomic mass is 10.00. The Bertz CT molecular complexity index is 1540. The minimum atomic E-state index is -0.450. The van der Waals surface area contributed by atoms with Gasteiger partial charge in [-0.15, -0.1) is 11.3 Å². The van der Waals surface area contributed by atoms with Crippen molar-refractivity contribution in [1.29, 1.82) is 0 Å². The van der Waals surface area contributed by atoms with Gasteiger partial charge in [0.15, 0.2) is 0 Å². The molecule has 0 aliphatic carbocycles. The molecule has 2 aliphatic heterocycles. The van der Waals surface area contributed by atoms with Crippen molar-refractivity contribution in [2.45, 2.75) is 25.6 Å². The van der Waals surface area contributed by atoms with Gasteiger partial charge in [-0.3, -0.25) is 0 Å². The number of amides is 2. The summed E-state index contributed by atoms with van der Waals surface area (Å²) in [6.07, 6.45) is 3.05. The number of anilines is 1. The van der Waals surface area contributed by atoms with Crippen LogP contribution < -0.4 is 10.1 Å². The molecule has 1 N–H and O–H groups in total. The number of esters is 1. The topological polar surface area (TPSA) is 76.0 Å². The lowest BCUT2D eigenvalue weighted by Gasteiger charge is -2.32. The molecule has 2 aliphatic rings. The van der Waals surface area contributed by atoms with Crippen LogP contribution in [0.5, 0.6) is 5.75 Å². The molecule has 4 aromatic rings. The molecule has 0 radical (unpaired) electrons. The van der Waals surface area contributed by atoms with Crippen LogP contribution in [-0.2, 0) is 24.2 Å². The Morgan fingerprint density at radius 1 is 1.00 bits per heavy atom. The molecular weight excluding hydrogens is 512 g/mol. The summed E-state index contributed by atoms with van der Waals surface area (Å²) in [6, 6.07) is 18.3. The summed E-state index contributed by atoms with van der Waals surface area (Å²) >= 11 is 1.82. The maximum Gasteiger partial charge on any atom is 0.337 e. The molecule has 4 heterocycles. The van der Waals surface area contributed by atoms with E-state index in [0.717, 1.165) is 36.5 Å². The zero-order chi connectivity index (χ0) is 27.1. The van der Waals surface area contributed by atoms with E-state index in [-0.39, 0.29) is 12.1 Å². The predicted octanol–water partition coefficient (Wildman–Crippen LogP) is 5.46. The van der Waals surface area contributed by atoms with Crippen LogP contribution in [0.2, 0.25) is 0 Å². The minimum absolute atomic E-state index is 0.244. The lowest BCUT2D eigenvalue weighted by Crippen LogP contribution is -2.38. The second-order valence-corrected chi connectivity index (χ2v) is 11.0. The quantitative estimate of drug-likeness (QED) is 0.347. The van der Waals surface area contributed by atoms with Crippen molar-refractivity contribution >= 4 is 29.0 Å². The van der Waals surface area contributed by atoms with Gasteiger partial charge in [-0.05, 0) is 67.1 Å². The first-order valence-electron chi connectivity index (χ1n) is 12.9. The molecule has 39 heavy (non-hydrogen) atoms. The summed E-state index contributed by atoms with van der Waals surface area (Å²) in [6.45, 7) is 2.37. The van der Waals surface area contributed by atoms with Gasteiger partial charge in [-0.1, -0.05) is 18.2 Å².